The zero-order valence-electron chi connectivity index (χ0n) is 8.37. The van der Waals surface area contributed by atoms with Gasteiger partial charge in [0.1, 0.15) is 0 Å². The Labute approximate surface area is 122 Å². The highest BCUT2D eigenvalue weighted by Crippen LogP contribution is 2.25. The molecule has 2 rings (SSSR count). The Morgan fingerprint density at radius 3 is 2.38 bits per heavy atom. The summed E-state index contributed by atoms with van der Waals surface area (Å²) in [4.78, 5) is 0. The molecule has 0 saturated heterocycles. The van der Waals surface area contributed by atoms with E-state index in [2.05, 4.69) is 62.6 Å². The van der Waals surface area contributed by atoms with Gasteiger partial charge in [-0.3, -0.25) is 0 Å². The van der Waals surface area contributed by atoms with Gasteiger partial charge in [-0.05, 0) is 81.6 Å². The summed E-state index contributed by atoms with van der Waals surface area (Å²) in [6.45, 7) is 0. The SMILES string of the molecule is Nc1cc(I)ccc1Nc1cccc(I)c1. The Morgan fingerprint density at radius 2 is 1.69 bits per heavy atom. The van der Waals surface area contributed by atoms with Gasteiger partial charge in [0.25, 0.3) is 0 Å². The fourth-order valence-electron chi connectivity index (χ4n) is 1.37. The highest BCUT2D eigenvalue weighted by atomic mass is 127. The van der Waals surface area contributed by atoms with E-state index >= 15 is 0 Å². The predicted octanol–water partition coefficient (Wildman–Crippen LogP) is 4.22. The maximum Gasteiger partial charge on any atom is 0.0618 e. The predicted molar refractivity (Wildman–Crippen MR) is 86.0 cm³/mol. The molecule has 0 amide bonds. The average molecular weight is 436 g/mol. The number of hydrogen-bond donors (Lipinski definition) is 2. The number of benzene rings is 2. The number of nitrogens with one attached hydrogen (secondary N) is 1. The van der Waals surface area contributed by atoms with Crippen molar-refractivity contribution in [3.8, 4) is 0 Å². The molecule has 0 spiro atoms. The van der Waals surface area contributed by atoms with Gasteiger partial charge in [-0.15, -0.1) is 0 Å². The number of nitrogens with two attached hydrogens (primary N) is 1. The first-order valence-electron chi connectivity index (χ1n) is 4.73. The zero-order chi connectivity index (χ0) is 11.5. The molecular formula is C12H10I2N2. The molecule has 16 heavy (non-hydrogen) atoms. The third-order valence-electron chi connectivity index (χ3n) is 2.12. The number of anilines is 3. The van der Waals surface area contributed by atoms with Crippen LogP contribution in [0.1, 0.15) is 0 Å². The molecule has 0 unspecified atom stereocenters. The van der Waals surface area contributed by atoms with Crippen LogP contribution in [0.2, 0.25) is 0 Å². The second-order valence-corrected chi connectivity index (χ2v) is 5.86. The topological polar surface area (TPSA) is 38.0 Å². The van der Waals surface area contributed by atoms with Gasteiger partial charge in [0.2, 0.25) is 0 Å². The molecule has 2 aromatic rings. The van der Waals surface area contributed by atoms with Crippen molar-refractivity contribution in [1.29, 1.82) is 0 Å². The van der Waals surface area contributed by atoms with Crippen LogP contribution in [-0.2, 0) is 0 Å². The summed E-state index contributed by atoms with van der Waals surface area (Å²) >= 11 is 4.54. The van der Waals surface area contributed by atoms with Crippen molar-refractivity contribution < 1.29 is 0 Å². The first-order chi connectivity index (χ1) is 7.65. The number of nitrogen functional groups attached to an aromatic ring is 1. The van der Waals surface area contributed by atoms with Gasteiger partial charge in [0, 0.05) is 12.8 Å². The van der Waals surface area contributed by atoms with Crippen molar-refractivity contribution in [2.75, 3.05) is 11.1 Å². The second kappa shape index (κ2) is 5.22. The van der Waals surface area contributed by atoms with Crippen molar-refractivity contribution in [2.24, 2.45) is 0 Å². The van der Waals surface area contributed by atoms with E-state index in [1.54, 1.807) is 0 Å². The third kappa shape index (κ3) is 3.00. The van der Waals surface area contributed by atoms with Crippen LogP contribution in [0.4, 0.5) is 17.1 Å². The molecule has 2 aromatic carbocycles. The van der Waals surface area contributed by atoms with Crippen LogP contribution in [0.15, 0.2) is 42.5 Å². The van der Waals surface area contributed by atoms with E-state index < -0.39 is 0 Å². The molecule has 0 aromatic heterocycles. The third-order valence-corrected chi connectivity index (χ3v) is 3.46. The molecular weight excluding hydrogens is 426 g/mol. The largest absolute Gasteiger partial charge is 0.397 e. The van der Waals surface area contributed by atoms with E-state index in [4.69, 9.17) is 5.73 Å². The Balaban J connectivity index is 2.27. The van der Waals surface area contributed by atoms with Crippen molar-refractivity contribution >= 4 is 62.2 Å². The minimum atomic E-state index is 0.769. The summed E-state index contributed by atoms with van der Waals surface area (Å²) < 4.78 is 2.34. The lowest BCUT2D eigenvalue weighted by Gasteiger charge is -2.09. The molecule has 82 valence electrons. The molecule has 0 saturated carbocycles. The van der Waals surface area contributed by atoms with Crippen LogP contribution < -0.4 is 11.1 Å². The molecule has 0 aliphatic heterocycles. The lowest BCUT2D eigenvalue weighted by atomic mass is 10.2. The van der Waals surface area contributed by atoms with Gasteiger partial charge < -0.3 is 11.1 Å². The van der Waals surface area contributed by atoms with Gasteiger partial charge in [0.05, 0.1) is 11.4 Å². The normalized spacial score (nSPS) is 10.1. The van der Waals surface area contributed by atoms with Gasteiger partial charge in [0.15, 0.2) is 0 Å². The van der Waals surface area contributed by atoms with Crippen LogP contribution in [0.3, 0.4) is 0 Å². The number of hydrogen-bond acceptors (Lipinski definition) is 2. The van der Waals surface area contributed by atoms with E-state index in [1.165, 1.54) is 3.57 Å². The van der Waals surface area contributed by atoms with Crippen LogP contribution >= 0.6 is 45.2 Å². The van der Waals surface area contributed by atoms with Gasteiger partial charge in [-0.1, -0.05) is 6.07 Å². The first-order valence-corrected chi connectivity index (χ1v) is 6.88. The summed E-state index contributed by atoms with van der Waals surface area (Å²) in [5.41, 5.74) is 8.71. The molecule has 0 bridgehead atoms. The fourth-order valence-corrected chi connectivity index (χ4v) is 2.43. The average Bonchev–Trinajstić information content (AvgIpc) is 2.22. The molecule has 0 aliphatic carbocycles. The summed E-state index contributed by atoms with van der Waals surface area (Å²) in [5, 5.41) is 3.31. The van der Waals surface area contributed by atoms with Crippen LogP contribution in [0, 0.1) is 7.14 Å². The molecule has 2 nitrogen and oxygen atoms in total. The van der Waals surface area contributed by atoms with E-state index in [0.717, 1.165) is 20.6 Å². The Kier molecular flexibility index (Phi) is 3.91. The van der Waals surface area contributed by atoms with Crippen molar-refractivity contribution in [3.63, 3.8) is 0 Å². The monoisotopic (exact) mass is 436 g/mol. The van der Waals surface area contributed by atoms with Crippen LogP contribution in [-0.4, -0.2) is 0 Å². The maximum atomic E-state index is 5.94. The summed E-state index contributed by atoms with van der Waals surface area (Å²) in [7, 11) is 0. The van der Waals surface area contributed by atoms with E-state index in [9.17, 15) is 0 Å². The minimum Gasteiger partial charge on any atom is -0.397 e. The lowest BCUT2D eigenvalue weighted by Crippen LogP contribution is -1.96. The maximum absolute atomic E-state index is 5.94. The first kappa shape index (κ1) is 12.0. The smallest absolute Gasteiger partial charge is 0.0618 e. The molecule has 4 heteroatoms. The fraction of sp³-hybridized carbons (Fsp3) is 0. The Morgan fingerprint density at radius 1 is 0.938 bits per heavy atom. The molecule has 0 aliphatic rings. The summed E-state index contributed by atoms with van der Waals surface area (Å²) in [5.74, 6) is 0. The van der Waals surface area contributed by atoms with Crippen molar-refractivity contribution in [1.82, 2.24) is 0 Å². The van der Waals surface area contributed by atoms with Crippen LogP contribution in [0.5, 0.6) is 0 Å². The van der Waals surface area contributed by atoms with Crippen LogP contribution in [0.25, 0.3) is 0 Å². The van der Waals surface area contributed by atoms with E-state index in [-0.39, 0.29) is 0 Å². The zero-order valence-corrected chi connectivity index (χ0v) is 12.7. The van der Waals surface area contributed by atoms with Crippen molar-refractivity contribution in [2.45, 2.75) is 0 Å². The Hall–Kier alpha value is -0.500. The number of rotatable bonds is 2. The molecule has 0 fully saturated rings. The van der Waals surface area contributed by atoms with E-state index in [1.807, 2.05) is 30.3 Å². The van der Waals surface area contributed by atoms with Gasteiger partial charge in [-0.25, -0.2) is 0 Å². The highest BCUT2D eigenvalue weighted by Gasteiger charge is 2.00. The molecule has 0 radical (unpaired) electrons. The minimum absolute atomic E-state index is 0.769. The Bertz CT molecular complexity index is 512. The highest BCUT2D eigenvalue weighted by molar-refractivity contribution is 14.1. The van der Waals surface area contributed by atoms with Gasteiger partial charge >= 0.3 is 0 Å². The molecule has 0 heterocycles. The lowest BCUT2D eigenvalue weighted by molar-refractivity contribution is 1.52. The molecule has 0 atom stereocenters. The number of halogens is 2. The van der Waals surface area contributed by atoms with Crippen molar-refractivity contribution in [3.05, 3.63) is 49.6 Å². The van der Waals surface area contributed by atoms with E-state index in [0.29, 0.717) is 0 Å². The standard InChI is InChI=1S/C12H10I2N2/c13-8-2-1-3-10(6-8)16-12-5-4-9(14)7-11(12)15/h1-7,16H,15H2. The second-order valence-electron chi connectivity index (χ2n) is 3.37. The molecule has 3 N–H and O–H groups in total. The summed E-state index contributed by atoms with van der Waals surface area (Å²) in [6, 6.07) is 14.2. The summed E-state index contributed by atoms with van der Waals surface area (Å²) in [6.07, 6.45) is 0. The van der Waals surface area contributed by atoms with Gasteiger partial charge in [-0.2, -0.15) is 0 Å². The quantitative estimate of drug-likeness (QED) is 0.547.